The Kier molecular flexibility index (Phi) is 8.52. The van der Waals surface area contributed by atoms with Crippen molar-refractivity contribution in [1.29, 1.82) is 0 Å². The minimum Gasteiger partial charge on any atom is -0.495 e. The number of anilines is 2. The largest absolute Gasteiger partial charge is 0.495 e. The highest BCUT2D eigenvalue weighted by atomic mass is 32.2. The van der Waals surface area contributed by atoms with Crippen LogP contribution in [-0.2, 0) is 31.0 Å². The van der Waals surface area contributed by atoms with Crippen molar-refractivity contribution in [3.05, 3.63) is 77.9 Å². The van der Waals surface area contributed by atoms with Crippen LogP contribution < -0.4 is 25.0 Å². The summed E-state index contributed by atoms with van der Waals surface area (Å²) in [4.78, 5) is 25.0. The third-order valence-electron chi connectivity index (χ3n) is 4.94. The van der Waals surface area contributed by atoms with Crippen molar-refractivity contribution in [2.75, 3.05) is 17.1 Å². The minimum atomic E-state index is -4.69. The maximum absolute atomic E-state index is 12.9. The molecule has 208 valence electrons. The van der Waals surface area contributed by atoms with Crippen LogP contribution in [0.4, 0.5) is 24.5 Å². The Balaban J connectivity index is 1.77. The zero-order chi connectivity index (χ0) is 29.0. The van der Waals surface area contributed by atoms with Crippen LogP contribution in [0.2, 0.25) is 0 Å². The average Bonchev–Trinajstić information content (AvgIpc) is 2.86. The van der Waals surface area contributed by atoms with Gasteiger partial charge in [0.1, 0.15) is 5.75 Å². The molecule has 0 aliphatic heterocycles. The lowest BCUT2D eigenvalue weighted by molar-refractivity contribution is -0.137. The molecule has 3 rings (SSSR count). The number of carbonyl (C=O) groups is 2. The maximum Gasteiger partial charge on any atom is 0.416 e. The van der Waals surface area contributed by atoms with Crippen LogP contribution in [0.1, 0.15) is 22.8 Å². The first-order valence-electron chi connectivity index (χ1n) is 10.7. The molecule has 0 saturated heterocycles. The topological polar surface area (TPSA) is 160 Å². The van der Waals surface area contributed by atoms with Crippen molar-refractivity contribution < 1.29 is 44.3 Å². The summed E-state index contributed by atoms with van der Waals surface area (Å²) in [6.45, 7) is 1.21. The molecule has 0 saturated carbocycles. The number of methoxy groups -OCH3 is 1. The molecule has 0 unspecified atom stereocenters. The summed E-state index contributed by atoms with van der Waals surface area (Å²) < 4.78 is 96.7. The number of carbonyl (C=O) groups excluding carboxylic acids is 2. The monoisotopic (exact) mass is 586 g/mol. The number of halogens is 3. The molecule has 0 fully saturated rings. The minimum absolute atomic E-state index is 0.0605. The molecule has 0 spiro atoms. The van der Waals surface area contributed by atoms with E-state index in [2.05, 4.69) is 5.32 Å². The molecule has 3 aromatic rings. The first-order valence-corrected chi connectivity index (χ1v) is 13.7. The van der Waals surface area contributed by atoms with Crippen molar-refractivity contribution >= 4 is 43.2 Å². The van der Waals surface area contributed by atoms with E-state index in [0.717, 1.165) is 42.5 Å². The molecule has 0 heterocycles. The lowest BCUT2D eigenvalue weighted by atomic mass is 10.2. The normalized spacial score (nSPS) is 11.9. The Morgan fingerprint density at radius 2 is 1.51 bits per heavy atom. The van der Waals surface area contributed by atoms with E-state index < -0.39 is 48.5 Å². The van der Waals surface area contributed by atoms with E-state index in [1.165, 1.54) is 32.2 Å². The van der Waals surface area contributed by atoms with Crippen molar-refractivity contribution in [1.82, 2.24) is 10.3 Å². The Labute approximate surface area is 221 Å². The first-order chi connectivity index (χ1) is 18.1. The van der Waals surface area contributed by atoms with Gasteiger partial charge in [-0.25, -0.2) is 16.8 Å². The van der Waals surface area contributed by atoms with Gasteiger partial charge in [0.25, 0.3) is 26.0 Å². The van der Waals surface area contributed by atoms with E-state index in [0.29, 0.717) is 6.07 Å². The fourth-order valence-electron chi connectivity index (χ4n) is 3.16. The Morgan fingerprint density at radius 3 is 2.15 bits per heavy atom. The zero-order valence-corrected chi connectivity index (χ0v) is 21.8. The fourth-order valence-corrected chi connectivity index (χ4v) is 5.12. The summed E-state index contributed by atoms with van der Waals surface area (Å²) >= 11 is 0. The predicted molar refractivity (Wildman–Crippen MR) is 134 cm³/mol. The summed E-state index contributed by atoms with van der Waals surface area (Å²) in [6.07, 6.45) is -4.69. The fraction of sp³-hybridized carbons (Fsp3) is 0.130. The highest BCUT2D eigenvalue weighted by Crippen LogP contribution is 2.31. The van der Waals surface area contributed by atoms with Gasteiger partial charge in [-0.1, -0.05) is 12.1 Å². The second-order valence-electron chi connectivity index (χ2n) is 7.81. The van der Waals surface area contributed by atoms with Gasteiger partial charge in [0, 0.05) is 18.2 Å². The number of alkyl halides is 3. The highest BCUT2D eigenvalue weighted by Gasteiger charge is 2.31. The molecule has 16 heteroatoms. The zero-order valence-electron chi connectivity index (χ0n) is 20.2. The second-order valence-corrected chi connectivity index (χ2v) is 11.2. The molecule has 3 aromatic carbocycles. The van der Waals surface area contributed by atoms with Gasteiger partial charge in [-0.05, 0) is 54.6 Å². The number of hydrazine groups is 1. The van der Waals surface area contributed by atoms with Gasteiger partial charge in [0.2, 0.25) is 5.91 Å². The molecule has 0 aliphatic carbocycles. The van der Waals surface area contributed by atoms with Gasteiger partial charge < -0.3 is 10.1 Å². The predicted octanol–water partition coefficient (Wildman–Crippen LogP) is 3.10. The quantitative estimate of drug-likeness (QED) is 0.280. The summed E-state index contributed by atoms with van der Waals surface area (Å²) in [6, 6.07) is 11.4. The number of rotatable bonds is 9. The molecule has 0 atom stereocenters. The second kappa shape index (κ2) is 11.3. The number of amides is 2. The van der Waals surface area contributed by atoms with Crippen molar-refractivity contribution in [2.24, 2.45) is 0 Å². The molecule has 0 radical (unpaired) electrons. The van der Waals surface area contributed by atoms with Crippen molar-refractivity contribution in [3.8, 4) is 5.75 Å². The number of ether oxygens (including phenoxy) is 1. The summed E-state index contributed by atoms with van der Waals surface area (Å²) in [5.41, 5.74) is 0.303. The third kappa shape index (κ3) is 7.46. The highest BCUT2D eigenvalue weighted by molar-refractivity contribution is 7.92. The maximum atomic E-state index is 12.9. The number of hydrogen-bond donors (Lipinski definition) is 4. The Morgan fingerprint density at radius 1 is 0.846 bits per heavy atom. The van der Waals surface area contributed by atoms with Crippen molar-refractivity contribution in [3.63, 3.8) is 0 Å². The Bertz CT molecular complexity index is 1630. The van der Waals surface area contributed by atoms with Crippen LogP contribution in [-0.4, -0.2) is 35.8 Å². The van der Waals surface area contributed by atoms with Crippen LogP contribution in [0.15, 0.2) is 76.5 Å². The van der Waals surface area contributed by atoms with E-state index in [-0.39, 0.29) is 27.6 Å². The number of benzene rings is 3. The summed E-state index contributed by atoms with van der Waals surface area (Å²) in [5.74, 6) is -1.34. The molecule has 11 nitrogen and oxygen atoms in total. The van der Waals surface area contributed by atoms with Gasteiger partial charge in [-0.3, -0.25) is 19.7 Å². The van der Waals surface area contributed by atoms with Gasteiger partial charge in [-0.2, -0.15) is 13.2 Å². The first kappa shape index (κ1) is 29.4. The summed E-state index contributed by atoms with van der Waals surface area (Å²) in [5, 5.41) is 2.41. The third-order valence-corrected chi connectivity index (χ3v) is 7.56. The van der Waals surface area contributed by atoms with E-state index in [1.54, 1.807) is 0 Å². The average molecular weight is 587 g/mol. The van der Waals surface area contributed by atoms with Gasteiger partial charge in [0.05, 0.1) is 28.2 Å². The van der Waals surface area contributed by atoms with E-state index in [1.807, 2.05) is 15.0 Å². The summed E-state index contributed by atoms with van der Waals surface area (Å²) in [7, 11) is -7.46. The molecule has 39 heavy (non-hydrogen) atoms. The molecule has 2 amide bonds. The molecular weight excluding hydrogens is 565 g/mol. The lowest BCUT2D eigenvalue weighted by Gasteiger charge is -2.13. The van der Waals surface area contributed by atoms with Gasteiger partial charge in [-0.15, -0.1) is 4.83 Å². The van der Waals surface area contributed by atoms with E-state index in [9.17, 15) is 39.6 Å². The van der Waals surface area contributed by atoms with Crippen LogP contribution in [0, 0.1) is 0 Å². The standard InChI is InChI=1S/C23H21F3N4O7S2/c1-14(31)27-20-13-19(9-10-21(20)37-2)39(35,36)30-28-22(32)15-5-3-8-18(11-15)38(33,34)29-17-7-4-6-16(12-17)23(24,25)26/h3-13,29-30H,1-2H3,(H,27,31)(H,28,32). The van der Waals surface area contributed by atoms with Crippen LogP contribution in [0.25, 0.3) is 0 Å². The molecule has 0 aromatic heterocycles. The number of sulfonamides is 2. The smallest absolute Gasteiger partial charge is 0.416 e. The SMILES string of the molecule is COc1ccc(S(=O)(=O)NNC(=O)c2cccc(S(=O)(=O)Nc3cccc(C(F)(F)F)c3)c2)cc1NC(C)=O. The van der Waals surface area contributed by atoms with Crippen LogP contribution >= 0.6 is 0 Å². The van der Waals surface area contributed by atoms with E-state index in [4.69, 9.17) is 4.74 Å². The number of hydrogen-bond acceptors (Lipinski definition) is 7. The van der Waals surface area contributed by atoms with Crippen molar-refractivity contribution in [2.45, 2.75) is 22.9 Å². The van der Waals surface area contributed by atoms with Gasteiger partial charge >= 0.3 is 6.18 Å². The van der Waals surface area contributed by atoms with Gasteiger partial charge in [0.15, 0.2) is 0 Å². The van der Waals surface area contributed by atoms with E-state index >= 15 is 0 Å². The molecule has 0 bridgehead atoms. The molecule has 4 N–H and O–H groups in total. The molecule has 0 aliphatic rings. The lowest BCUT2D eigenvalue weighted by Crippen LogP contribution is -2.41. The number of nitrogens with one attached hydrogen (secondary N) is 4. The van der Waals surface area contributed by atoms with Crippen LogP contribution in [0.5, 0.6) is 5.75 Å². The Hall–Kier alpha value is -4.15. The van der Waals surface area contributed by atoms with Crippen LogP contribution in [0.3, 0.4) is 0 Å². The molecular formula is C23H21F3N4O7S2.